The van der Waals surface area contributed by atoms with Crippen molar-refractivity contribution in [1.29, 1.82) is 0 Å². The maximum atomic E-state index is 2.31. The fraction of sp³-hybridized carbons (Fsp3) is 0.188. The Kier molecular flexibility index (Phi) is 9.09. The predicted molar refractivity (Wildman–Crippen MR) is 79.3 cm³/mol. The number of hydrogen-bond acceptors (Lipinski definition) is 0. The van der Waals surface area contributed by atoms with Crippen molar-refractivity contribution in [2.75, 3.05) is 0 Å². The van der Waals surface area contributed by atoms with Gasteiger partial charge in [-0.1, -0.05) is 48.0 Å². The van der Waals surface area contributed by atoms with Crippen LogP contribution in [-0.4, -0.2) is 5.43 Å². The van der Waals surface area contributed by atoms with E-state index in [4.69, 9.17) is 0 Å². The molecule has 20 heavy (non-hydrogen) atoms. The average molecular weight is 400 g/mol. The third-order valence-corrected chi connectivity index (χ3v) is 2.76. The second-order valence-corrected chi connectivity index (χ2v) is 14.2. The maximum absolute atomic E-state index is 2.31. The number of benzene rings is 2. The van der Waals surface area contributed by atoms with Crippen LogP contribution in [0.5, 0.6) is 0 Å². The van der Waals surface area contributed by atoms with Gasteiger partial charge in [-0.3, -0.25) is 0 Å². The molecule has 0 atom stereocenters. The summed E-state index contributed by atoms with van der Waals surface area (Å²) in [6.07, 6.45) is 0. The molecule has 3 aromatic carbocycles. The number of fused-ring (bicyclic) bond motifs is 3. The van der Waals surface area contributed by atoms with Gasteiger partial charge in [0.25, 0.3) is 0 Å². The Morgan fingerprint density at radius 3 is 2.15 bits per heavy atom. The van der Waals surface area contributed by atoms with E-state index in [1.165, 1.54) is 27.1 Å². The van der Waals surface area contributed by atoms with E-state index >= 15 is 0 Å². The summed E-state index contributed by atoms with van der Waals surface area (Å²) in [7, 11) is 0. The molecule has 0 aliphatic heterocycles. The molecule has 3 rings (SSSR count). The third kappa shape index (κ3) is 5.07. The quantitative estimate of drug-likeness (QED) is 0.330. The zero-order valence-corrected chi connectivity index (χ0v) is 16.8. The first-order chi connectivity index (χ1) is 8.58. The fourth-order valence-electron chi connectivity index (χ4n) is 2.11. The van der Waals surface area contributed by atoms with Crippen molar-refractivity contribution in [2.24, 2.45) is 0 Å². The van der Waals surface area contributed by atoms with Gasteiger partial charge in [0.15, 0.2) is 0 Å². The van der Waals surface area contributed by atoms with Crippen LogP contribution in [0.15, 0.2) is 48.5 Å². The standard InChI is InChI=1S/C14H11.C2H6Si.2ClH.Zr/c1-10-8-12-7-6-11-4-2-3-5-13(11)14(12)9-10;1-3-2;;;/h2-9H,1H3;1-2H3;2*1H;/q-1;;;;+2/p-2. The average Bonchev–Trinajstić information content (AvgIpc) is 2.69. The number of aryl methyl sites for hydroxylation is 1. The number of hydrogen-bond donors (Lipinski definition) is 0. The van der Waals surface area contributed by atoms with Crippen molar-refractivity contribution in [1.82, 2.24) is 0 Å². The Bertz CT molecular complexity index is 700. The Hall–Kier alpha value is -0.0100. The van der Waals surface area contributed by atoms with Gasteiger partial charge in [0.1, 0.15) is 0 Å². The van der Waals surface area contributed by atoms with Crippen LogP contribution in [0.2, 0.25) is 13.1 Å². The van der Waals surface area contributed by atoms with E-state index in [1.54, 1.807) is 23.3 Å². The molecule has 0 nitrogen and oxygen atoms in total. The second-order valence-electron chi connectivity index (χ2n) is 4.82. The van der Waals surface area contributed by atoms with Crippen molar-refractivity contribution in [3.8, 4) is 0 Å². The Labute approximate surface area is 148 Å². The van der Waals surface area contributed by atoms with Crippen LogP contribution in [0.3, 0.4) is 0 Å². The summed E-state index contributed by atoms with van der Waals surface area (Å²) >= 11 is 1.74. The van der Waals surface area contributed by atoms with Crippen molar-refractivity contribution < 1.29 is 48.1 Å². The van der Waals surface area contributed by atoms with Crippen molar-refractivity contribution in [3.63, 3.8) is 0 Å². The normalized spacial score (nSPS) is 9.25. The van der Waals surface area contributed by atoms with Gasteiger partial charge in [-0.2, -0.15) is 6.07 Å². The Balaban J connectivity index is 0.000000542. The van der Waals surface area contributed by atoms with E-state index in [0.717, 1.165) is 0 Å². The molecule has 0 radical (unpaired) electrons. The van der Waals surface area contributed by atoms with Gasteiger partial charge in [-0.15, -0.1) is 28.5 Å². The second kappa shape index (κ2) is 9.10. The van der Waals surface area contributed by atoms with Crippen LogP contribution in [0, 0.1) is 6.92 Å². The topological polar surface area (TPSA) is 0 Å². The van der Waals surface area contributed by atoms with Crippen LogP contribution in [0.25, 0.3) is 21.5 Å². The molecule has 104 valence electrons. The van der Waals surface area contributed by atoms with Crippen molar-refractivity contribution >= 4 is 27.0 Å². The van der Waals surface area contributed by atoms with Crippen LogP contribution < -0.4 is 24.8 Å². The van der Waals surface area contributed by atoms with Crippen molar-refractivity contribution in [2.45, 2.75) is 20.0 Å². The molecule has 0 bridgehead atoms. The van der Waals surface area contributed by atoms with Crippen LogP contribution in [-0.2, 0) is 23.3 Å². The fourth-order valence-corrected chi connectivity index (χ4v) is 2.11. The van der Waals surface area contributed by atoms with E-state index in [1.807, 2.05) is 0 Å². The molecule has 0 saturated carbocycles. The molecule has 0 aromatic heterocycles. The van der Waals surface area contributed by atoms with Gasteiger partial charge >= 0.3 is 41.9 Å². The van der Waals surface area contributed by atoms with Crippen LogP contribution >= 0.6 is 0 Å². The third-order valence-electron chi connectivity index (χ3n) is 2.76. The van der Waals surface area contributed by atoms with Gasteiger partial charge in [-0.25, -0.2) is 0 Å². The summed E-state index contributed by atoms with van der Waals surface area (Å²) in [6.45, 7) is 6.76. The molecular formula is C16H17Cl2SiZr-. The molecule has 0 amide bonds. The first-order valence-corrected chi connectivity index (χ1v) is 12.3. The first-order valence-electron chi connectivity index (χ1n) is 6.14. The van der Waals surface area contributed by atoms with E-state index in [-0.39, 0.29) is 30.2 Å². The van der Waals surface area contributed by atoms with Gasteiger partial charge in [0.2, 0.25) is 0 Å². The SMILES string of the molecule is C[Si](C)=[Zr+2].Cc1cc2ccc3ccccc3c2[cH-]1.[Cl-].[Cl-]. The zero-order chi connectivity index (χ0) is 13.1. The summed E-state index contributed by atoms with van der Waals surface area (Å²) in [4.78, 5) is 0. The molecule has 0 fully saturated rings. The Morgan fingerprint density at radius 2 is 1.50 bits per heavy atom. The smallest absolute Gasteiger partial charge is 0.0579 e. The summed E-state index contributed by atoms with van der Waals surface area (Å²) in [5, 5.41) is 5.41. The molecule has 0 saturated heterocycles. The van der Waals surface area contributed by atoms with Gasteiger partial charge in [-0.05, 0) is 0 Å². The molecular weight excluding hydrogens is 382 g/mol. The number of rotatable bonds is 0. The molecule has 0 aliphatic rings. The van der Waals surface area contributed by atoms with E-state index < -0.39 is 0 Å². The zero-order valence-electron chi connectivity index (χ0n) is 11.9. The predicted octanol–water partition coefficient (Wildman–Crippen LogP) is -1.19. The molecule has 0 unspecified atom stereocenters. The summed E-state index contributed by atoms with van der Waals surface area (Å²) in [6, 6.07) is 17.4. The minimum Gasteiger partial charge on any atom is -1.00 e. The summed E-state index contributed by atoms with van der Waals surface area (Å²) < 4.78 is 0. The van der Waals surface area contributed by atoms with Crippen LogP contribution in [0.1, 0.15) is 5.56 Å². The largest absolute Gasteiger partial charge is 1.00 e. The summed E-state index contributed by atoms with van der Waals surface area (Å²) in [5.74, 6) is 0. The van der Waals surface area contributed by atoms with Gasteiger partial charge in [0, 0.05) is 0 Å². The van der Waals surface area contributed by atoms with Gasteiger partial charge < -0.3 is 24.8 Å². The molecule has 0 spiro atoms. The monoisotopic (exact) mass is 397 g/mol. The van der Waals surface area contributed by atoms with E-state index in [2.05, 4.69) is 68.5 Å². The molecule has 0 N–H and O–H groups in total. The molecule has 3 aromatic rings. The first kappa shape index (κ1) is 20.0. The maximum Gasteiger partial charge on any atom is -0.0579 e. The molecule has 0 heterocycles. The number of halogens is 2. The van der Waals surface area contributed by atoms with Crippen LogP contribution in [0.4, 0.5) is 0 Å². The minimum atomic E-state index is 0. The van der Waals surface area contributed by atoms with E-state index in [0.29, 0.717) is 0 Å². The van der Waals surface area contributed by atoms with Gasteiger partial charge in [0.05, 0.1) is 0 Å². The van der Waals surface area contributed by atoms with Crippen molar-refractivity contribution in [3.05, 3.63) is 54.1 Å². The van der Waals surface area contributed by atoms with E-state index in [9.17, 15) is 0 Å². The minimum absolute atomic E-state index is 0. The summed E-state index contributed by atoms with van der Waals surface area (Å²) in [5.41, 5.74) is 1.55. The molecule has 0 aliphatic carbocycles. The Morgan fingerprint density at radius 1 is 0.950 bits per heavy atom. The molecule has 4 heteroatoms.